The third kappa shape index (κ3) is 4.14. The number of carbonyl (C=O) groups is 2. The molecule has 2 amide bonds. The molecule has 0 unspecified atom stereocenters. The van der Waals surface area contributed by atoms with Crippen molar-refractivity contribution >= 4 is 28.4 Å². The standard InChI is InChI=1S/C24H28N4O3/c1-26(2)23(29)17-6-9-22-21(13-17)18(14-27(22)3)12-20-15-31-11-10-28(20)24(30)16-4-7-19(25)8-5-16/h4-9,13-14,20H,10-12,15,25H2,1-3H3/t20-/m0/s1. The zero-order valence-electron chi connectivity index (χ0n) is 18.2. The average Bonchev–Trinajstić information content (AvgIpc) is 3.08. The number of rotatable bonds is 4. The molecular formula is C24H28N4O3. The number of aryl methyl sites for hydroxylation is 1. The Labute approximate surface area is 182 Å². The lowest BCUT2D eigenvalue weighted by atomic mass is 10.0. The number of nitrogen functional groups attached to an aromatic ring is 1. The molecule has 4 rings (SSSR count). The molecule has 0 saturated carbocycles. The van der Waals surface area contributed by atoms with E-state index in [0.717, 1.165) is 16.5 Å². The summed E-state index contributed by atoms with van der Waals surface area (Å²) in [5.74, 6) is -0.0464. The molecule has 1 aliphatic rings. The third-order valence-electron chi connectivity index (χ3n) is 5.83. The second kappa shape index (κ2) is 8.43. The van der Waals surface area contributed by atoms with Crippen LogP contribution in [0.5, 0.6) is 0 Å². The highest BCUT2D eigenvalue weighted by atomic mass is 16.5. The fraction of sp³-hybridized carbons (Fsp3) is 0.333. The van der Waals surface area contributed by atoms with E-state index >= 15 is 0 Å². The van der Waals surface area contributed by atoms with Crippen molar-refractivity contribution in [2.24, 2.45) is 7.05 Å². The van der Waals surface area contributed by atoms with Crippen molar-refractivity contribution in [3.8, 4) is 0 Å². The fourth-order valence-corrected chi connectivity index (χ4v) is 4.16. The number of hydrogen-bond donors (Lipinski definition) is 1. The predicted octanol–water partition coefficient (Wildman–Crippen LogP) is 2.55. The maximum atomic E-state index is 13.2. The first kappa shape index (κ1) is 20.9. The molecule has 0 spiro atoms. The molecule has 31 heavy (non-hydrogen) atoms. The number of nitrogens with zero attached hydrogens (tertiary/aromatic N) is 3. The molecule has 1 saturated heterocycles. The Morgan fingerprint density at radius 2 is 1.84 bits per heavy atom. The van der Waals surface area contributed by atoms with Crippen LogP contribution in [0.15, 0.2) is 48.7 Å². The molecule has 7 heteroatoms. The first-order valence-corrected chi connectivity index (χ1v) is 10.4. The van der Waals surface area contributed by atoms with Gasteiger partial charge in [-0.05, 0) is 54.4 Å². The smallest absolute Gasteiger partial charge is 0.254 e. The summed E-state index contributed by atoms with van der Waals surface area (Å²) in [4.78, 5) is 29.1. The monoisotopic (exact) mass is 420 g/mol. The summed E-state index contributed by atoms with van der Waals surface area (Å²) in [7, 11) is 5.49. The van der Waals surface area contributed by atoms with Gasteiger partial charge in [0.25, 0.3) is 11.8 Å². The number of carbonyl (C=O) groups excluding carboxylic acids is 2. The van der Waals surface area contributed by atoms with Gasteiger partial charge in [-0.3, -0.25) is 9.59 Å². The zero-order chi connectivity index (χ0) is 22.1. The number of morpholine rings is 1. The van der Waals surface area contributed by atoms with E-state index in [-0.39, 0.29) is 17.9 Å². The second-order valence-corrected chi connectivity index (χ2v) is 8.25. The number of aromatic nitrogens is 1. The van der Waals surface area contributed by atoms with Crippen LogP contribution in [0.4, 0.5) is 5.69 Å². The van der Waals surface area contributed by atoms with Gasteiger partial charge in [0.2, 0.25) is 0 Å². The number of hydrogen-bond acceptors (Lipinski definition) is 4. The van der Waals surface area contributed by atoms with Crippen LogP contribution >= 0.6 is 0 Å². The Balaban J connectivity index is 1.64. The van der Waals surface area contributed by atoms with Crippen molar-refractivity contribution in [2.45, 2.75) is 12.5 Å². The van der Waals surface area contributed by atoms with Crippen molar-refractivity contribution < 1.29 is 14.3 Å². The van der Waals surface area contributed by atoms with Crippen LogP contribution in [-0.2, 0) is 18.2 Å². The highest BCUT2D eigenvalue weighted by molar-refractivity contribution is 5.99. The molecule has 1 atom stereocenters. The van der Waals surface area contributed by atoms with E-state index in [1.807, 2.05) is 30.1 Å². The van der Waals surface area contributed by atoms with Crippen molar-refractivity contribution in [3.05, 3.63) is 65.4 Å². The van der Waals surface area contributed by atoms with Gasteiger partial charge in [0.05, 0.1) is 19.3 Å². The predicted molar refractivity (Wildman–Crippen MR) is 121 cm³/mol. The number of ether oxygens (including phenoxy) is 1. The summed E-state index contributed by atoms with van der Waals surface area (Å²) in [6.45, 7) is 1.55. The van der Waals surface area contributed by atoms with E-state index in [1.54, 1.807) is 43.3 Å². The normalized spacial score (nSPS) is 16.5. The molecule has 2 aromatic carbocycles. The van der Waals surface area contributed by atoms with Gasteiger partial charge in [0.15, 0.2) is 0 Å². The first-order chi connectivity index (χ1) is 14.8. The molecule has 2 N–H and O–H groups in total. The minimum Gasteiger partial charge on any atom is -0.399 e. The van der Waals surface area contributed by atoms with Crippen LogP contribution in [0.2, 0.25) is 0 Å². The van der Waals surface area contributed by atoms with Gasteiger partial charge in [0, 0.05) is 61.6 Å². The zero-order valence-corrected chi connectivity index (χ0v) is 18.2. The third-order valence-corrected chi connectivity index (χ3v) is 5.83. The van der Waals surface area contributed by atoms with Crippen molar-refractivity contribution in [3.63, 3.8) is 0 Å². The van der Waals surface area contributed by atoms with Gasteiger partial charge in [0.1, 0.15) is 0 Å². The van der Waals surface area contributed by atoms with E-state index < -0.39 is 0 Å². The van der Waals surface area contributed by atoms with E-state index in [2.05, 4.69) is 10.8 Å². The first-order valence-electron chi connectivity index (χ1n) is 10.4. The van der Waals surface area contributed by atoms with Gasteiger partial charge in [-0.2, -0.15) is 0 Å². The lowest BCUT2D eigenvalue weighted by Gasteiger charge is -2.35. The van der Waals surface area contributed by atoms with Crippen LogP contribution in [0.3, 0.4) is 0 Å². The van der Waals surface area contributed by atoms with Crippen LogP contribution < -0.4 is 5.73 Å². The van der Waals surface area contributed by atoms with E-state index in [0.29, 0.717) is 43.0 Å². The Kier molecular flexibility index (Phi) is 5.69. The largest absolute Gasteiger partial charge is 0.399 e. The van der Waals surface area contributed by atoms with E-state index in [4.69, 9.17) is 10.5 Å². The number of fused-ring (bicyclic) bond motifs is 1. The average molecular weight is 421 g/mol. The topological polar surface area (TPSA) is 80.8 Å². The van der Waals surface area contributed by atoms with Gasteiger partial charge in [-0.25, -0.2) is 0 Å². The molecule has 0 bridgehead atoms. The maximum absolute atomic E-state index is 13.2. The SMILES string of the molecule is CN(C)C(=O)c1ccc2c(c1)c(C[C@H]1COCCN1C(=O)c1ccc(N)cc1)cn2C. The van der Waals surface area contributed by atoms with E-state index in [9.17, 15) is 9.59 Å². The molecule has 1 aromatic heterocycles. The van der Waals surface area contributed by atoms with Crippen molar-refractivity contribution in [2.75, 3.05) is 39.6 Å². The molecule has 0 radical (unpaired) electrons. The highest BCUT2D eigenvalue weighted by Gasteiger charge is 2.29. The summed E-state index contributed by atoms with van der Waals surface area (Å²) < 4.78 is 7.78. The highest BCUT2D eigenvalue weighted by Crippen LogP contribution is 2.26. The fourth-order valence-electron chi connectivity index (χ4n) is 4.16. The minimum atomic E-state index is -0.0855. The van der Waals surface area contributed by atoms with E-state index in [1.165, 1.54) is 0 Å². The summed E-state index contributed by atoms with van der Waals surface area (Å²) in [6.07, 6.45) is 2.73. The van der Waals surface area contributed by atoms with Gasteiger partial charge in [-0.1, -0.05) is 0 Å². The number of anilines is 1. The van der Waals surface area contributed by atoms with Crippen LogP contribution in [0, 0.1) is 0 Å². The molecule has 0 aliphatic carbocycles. The molecule has 3 aromatic rings. The molecule has 2 heterocycles. The summed E-state index contributed by atoms with van der Waals surface area (Å²) in [5, 5.41) is 1.03. The summed E-state index contributed by atoms with van der Waals surface area (Å²) >= 11 is 0. The molecular weight excluding hydrogens is 392 g/mol. The lowest BCUT2D eigenvalue weighted by Crippen LogP contribution is -2.49. The summed E-state index contributed by atoms with van der Waals surface area (Å²) in [6, 6.07) is 12.7. The van der Waals surface area contributed by atoms with Crippen molar-refractivity contribution in [1.29, 1.82) is 0 Å². The molecule has 162 valence electrons. The molecule has 7 nitrogen and oxygen atoms in total. The quantitative estimate of drug-likeness (QED) is 0.658. The summed E-state index contributed by atoms with van der Waals surface area (Å²) in [5.41, 5.74) is 9.82. The van der Waals surface area contributed by atoms with Crippen molar-refractivity contribution in [1.82, 2.24) is 14.4 Å². The minimum absolute atomic E-state index is 0.0167. The van der Waals surface area contributed by atoms with Crippen LogP contribution in [0.25, 0.3) is 10.9 Å². The van der Waals surface area contributed by atoms with Crippen LogP contribution in [0.1, 0.15) is 26.3 Å². The molecule has 1 fully saturated rings. The lowest BCUT2D eigenvalue weighted by molar-refractivity contribution is -0.00156. The Bertz CT molecular complexity index is 1120. The van der Waals surface area contributed by atoms with Gasteiger partial charge >= 0.3 is 0 Å². The van der Waals surface area contributed by atoms with Crippen LogP contribution in [-0.4, -0.2) is 66.1 Å². The number of benzene rings is 2. The number of nitrogens with two attached hydrogens (primary N) is 1. The number of amides is 2. The Morgan fingerprint density at radius 1 is 1.13 bits per heavy atom. The second-order valence-electron chi connectivity index (χ2n) is 8.25. The van der Waals surface area contributed by atoms with Gasteiger partial charge < -0.3 is 24.8 Å². The Hall–Kier alpha value is -3.32. The molecule has 1 aliphatic heterocycles. The maximum Gasteiger partial charge on any atom is 0.254 e. The van der Waals surface area contributed by atoms with Gasteiger partial charge in [-0.15, -0.1) is 0 Å². The Morgan fingerprint density at radius 3 is 2.55 bits per heavy atom.